The summed E-state index contributed by atoms with van der Waals surface area (Å²) in [4.78, 5) is 1.28. The van der Waals surface area contributed by atoms with Crippen LogP contribution in [0.15, 0.2) is 59.5 Å². The van der Waals surface area contributed by atoms with Gasteiger partial charge in [-0.05, 0) is 24.6 Å². The minimum atomic E-state index is 0.0995. The Morgan fingerprint density at radius 1 is 1.00 bits per heavy atom. The predicted octanol–water partition coefficient (Wildman–Crippen LogP) is 3.79. The van der Waals surface area contributed by atoms with Crippen LogP contribution in [0.25, 0.3) is 0 Å². The summed E-state index contributed by atoms with van der Waals surface area (Å²) in [7, 11) is 0. The number of thioether (sulfide) groups is 1. The van der Waals surface area contributed by atoms with Gasteiger partial charge in [-0.3, -0.25) is 0 Å². The van der Waals surface area contributed by atoms with Crippen LogP contribution in [0, 0.1) is 6.92 Å². The Labute approximate surface area is 107 Å². The second kappa shape index (κ2) is 5.89. The van der Waals surface area contributed by atoms with Crippen molar-refractivity contribution in [3.63, 3.8) is 0 Å². The van der Waals surface area contributed by atoms with E-state index in [2.05, 4.69) is 43.3 Å². The zero-order valence-corrected chi connectivity index (χ0v) is 10.8. The fourth-order valence-electron chi connectivity index (χ4n) is 1.62. The number of rotatable bonds is 4. The molecule has 0 fully saturated rings. The van der Waals surface area contributed by atoms with Crippen molar-refractivity contribution in [2.75, 3.05) is 5.75 Å². The second-order valence-electron chi connectivity index (χ2n) is 4.14. The quantitative estimate of drug-likeness (QED) is 0.827. The summed E-state index contributed by atoms with van der Waals surface area (Å²) >= 11 is 1.81. The van der Waals surface area contributed by atoms with Gasteiger partial charge in [0.25, 0.3) is 0 Å². The number of nitrogens with two attached hydrogens (primary N) is 1. The summed E-state index contributed by atoms with van der Waals surface area (Å²) in [6.07, 6.45) is 0. The molecule has 0 aliphatic rings. The lowest BCUT2D eigenvalue weighted by atomic mass is 10.1. The van der Waals surface area contributed by atoms with E-state index in [0.29, 0.717) is 0 Å². The van der Waals surface area contributed by atoms with Crippen molar-refractivity contribution in [2.24, 2.45) is 5.73 Å². The van der Waals surface area contributed by atoms with Crippen LogP contribution in [-0.4, -0.2) is 5.75 Å². The van der Waals surface area contributed by atoms with Crippen LogP contribution in [0.5, 0.6) is 0 Å². The molecule has 0 bridgehead atoms. The first-order chi connectivity index (χ1) is 8.25. The fraction of sp³-hybridized carbons (Fsp3) is 0.200. The van der Waals surface area contributed by atoms with E-state index in [4.69, 9.17) is 5.73 Å². The van der Waals surface area contributed by atoms with Gasteiger partial charge < -0.3 is 5.73 Å². The molecule has 17 heavy (non-hydrogen) atoms. The number of hydrogen-bond acceptors (Lipinski definition) is 2. The van der Waals surface area contributed by atoms with E-state index >= 15 is 0 Å². The van der Waals surface area contributed by atoms with Crippen LogP contribution in [0.2, 0.25) is 0 Å². The minimum absolute atomic E-state index is 0.0995. The minimum Gasteiger partial charge on any atom is -0.323 e. The Kier molecular flexibility index (Phi) is 4.24. The van der Waals surface area contributed by atoms with Crippen molar-refractivity contribution in [3.8, 4) is 0 Å². The van der Waals surface area contributed by atoms with E-state index in [0.717, 1.165) is 5.75 Å². The molecule has 2 N–H and O–H groups in total. The lowest BCUT2D eigenvalue weighted by Crippen LogP contribution is -2.12. The number of benzene rings is 2. The highest BCUT2D eigenvalue weighted by atomic mass is 32.2. The van der Waals surface area contributed by atoms with Crippen molar-refractivity contribution in [1.82, 2.24) is 0 Å². The van der Waals surface area contributed by atoms with E-state index < -0.39 is 0 Å². The summed E-state index contributed by atoms with van der Waals surface area (Å²) in [5.41, 5.74) is 8.65. The largest absolute Gasteiger partial charge is 0.323 e. The maximum absolute atomic E-state index is 6.15. The molecule has 88 valence electrons. The first kappa shape index (κ1) is 12.2. The predicted molar refractivity (Wildman–Crippen MR) is 75.3 cm³/mol. The van der Waals surface area contributed by atoms with Gasteiger partial charge in [0, 0.05) is 16.7 Å². The average Bonchev–Trinajstić information content (AvgIpc) is 2.39. The Hall–Kier alpha value is -1.25. The molecule has 1 nitrogen and oxygen atoms in total. The van der Waals surface area contributed by atoms with E-state index in [1.165, 1.54) is 16.0 Å². The highest BCUT2D eigenvalue weighted by Crippen LogP contribution is 2.23. The highest BCUT2D eigenvalue weighted by molar-refractivity contribution is 7.99. The van der Waals surface area contributed by atoms with Gasteiger partial charge in [0.05, 0.1) is 0 Å². The van der Waals surface area contributed by atoms with Gasteiger partial charge >= 0.3 is 0 Å². The molecular weight excluding hydrogens is 226 g/mol. The van der Waals surface area contributed by atoms with Gasteiger partial charge in [-0.2, -0.15) is 0 Å². The van der Waals surface area contributed by atoms with Crippen LogP contribution >= 0.6 is 11.8 Å². The zero-order chi connectivity index (χ0) is 12.1. The molecule has 0 saturated carbocycles. The third-order valence-electron chi connectivity index (χ3n) is 2.68. The van der Waals surface area contributed by atoms with Gasteiger partial charge in [-0.1, -0.05) is 48.0 Å². The van der Waals surface area contributed by atoms with E-state index in [1.807, 2.05) is 30.0 Å². The smallest absolute Gasteiger partial charge is 0.0390 e. The molecule has 2 aromatic carbocycles. The molecule has 0 spiro atoms. The van der Waals surface area contributed by atoms with Gasteiger partial charge in [0.1, 0.15) is 0 Å². The van der Waals surface area contributed by atoms with E-state index in [-0.39, 0.29) is 6.04 Å². The van der Waals surface area contributed by atoms with Crippen LogP contribution in [0.3, 0.4) is 0 Å². The topological polar surface area (TPSA) is 26.0 Å². The molecule has 0 radical (unpaired) electrons. The Bertz CT molecular complexity index is 450. The molecule has 0 heterocycles. The monoisotopic (exact) mass is 243 g/mol. The molecule has 1 atom stereocenters. The summed E-state index contributed by atoms with van der Waals surface area (Å²) in [6.45, 7) is 2.10. The standard InChI is InChI=1S/C15H17NS/c1-12-7-9-14(10-8-12)17-11-15(16)13-5-3-2-4-6-13/h2-10,15H,11,16H2,1H3/t15-/m1/s1. The molecule has 0 unspecified atom stereocenters. The molecule has 0 aliphatic heterocycles. The van der Waals surface area contributed by atoms with Gasteiger partial charge in [-0.15, -0.1) is 11.8 Å². The van der Waals surface area contributed by atoms with Crippen LogP contribution in [0.4, 0.5) is 0 Å². The maximum Gasteiger partial charge on any atom is 0.0390 e. The zero-order valence-electron chi connectivity index (χ0n) is 9.97. The van der Waals surface area contributed by atoms with Crippen molar-refractivity contribution < 1.29 is 0 Å². The van der Waals surface area contributed by atoms with E-state index in [1.54, 1.807) is 0 Å². The van der Waals surface area contributed by atoms with Gasteiger partial charge in [0.15, 0.2) is 0 Å². The Morgan fingerprint density at radius 3 is 2.29 bits per heavy atom. The van der Waals surface area contributed by atoms with Crippen molar-refractivity contribution >= 4 is 11.8 Å². The Balaban J connectivity index is 1.92. The van der Waals surface area contributed by atoms with Crippen molar-refractivity contribution in [2.45, 2.75) is 17.9 Å². The number of hydrogen-bond donors (Lipinski definition) is 1. The lowest BCUT2D eigenvalue weighted by Gasteiger charge is -2.11. The average molecular weight is 243 g/mol. The molecular formula is C15H17NS. The van der Waals surface area contributed by atoms with E-state index in [9.17, 15) is 0 Å². The van der Waals surface area contributed by atoms with Crippen molar-refractivity contribution in [1.29, 1.82) is 0 Å². The van der Waals surface area contributed by atoms with Crippen LogP contribution in [0.1, 0.15) is 17.2 Å². The summed E-state index contributed by atoms with van der Waals surface area (Å²) in [5.74, 6) is 0.910. The van der Waals surface area contributed by atoms with Crippen LogP contribution in [-0.2, 0) is 0 Å². The molecule has 2 heteroatoms. The van der Waals surface area contributed by atoms with Gasteiger partial charge in [0.2, 0.25) is 0 Å². The lowest BCUT2D eigenvalue weighted by molar-refractivity contribution is 0.831. The molecule has 0 saturated heterocycles. The SMILES string of the molecule is Cc1ccc(SC[C@@H](N)c2ccccc2)cc1. The molecule has 0 aromatic heterocycles. The Morgan fingerprint density at radius 2 is 1.65 bits per heavy atom. The molecule has 2 aromatic rings. The van der Waals surface area contributed by atoms with Gasteiger partial charge in [-0.25, -0.2) is 0 Å². The highest BCUT2D eigenvalue weighted by Gasteiger charge is 2.05. The normalized spacial score (nSPS) is 12.4. The van der Waals surface area contributed by atoms with Crippen molar-refractivity contribution in [3.05, 3.63) is 65.7 Å². The molecule has 2 rings (SSSR count). The molecule has 0 amide bonds. The molecule has 0 aliphatic carbocycles. The first-order valence-electron chi connectivity index (χ1n) is 5.76. The van der Waals surface area contributed by atoms with Crippen LogP contribution < -0.4 is 5.73 Å². The summed E-state index contributed by atoms with van der Waals surface area (Å²) < 4.78 is 0. The second-order valence-corrected chi connectivity index (χ2v) is 5.23. The first-order valence-corrected chi connectivity index (χ1v) is 6.74. The summed E-state index contributed by atoms with van der Waals surface area (Å²) in [6, 6.07) is 18.9. The summed E-state index contributed by atoms with van der Waals surface area (Å²) in [5, 5.41) is 0. The number of aryl methyl sites for hydroxylation is 1. The third-order valence-corrected chi connectivity index (χ3v) is 3.81. The maximum atomic E-state index is 6.15. The fourth-order valence-corrected chi connectivity index (χ4v) is 2.51. The third kappa shape index (κ3) is 3.62.